The predicted molar refractivity (Wildman–Crippen MR) is 106 cm³/mol. The molecule has 0 saturated heterocycles. The van der Waals surface area contributed by atoms with E-state index in [2.05, 4.69) is 20.9 Å². The van der Waals surface area contributed by atoms with Crippen LogP contribution in [0.1, 0.15) is 43.8 Å². The van der Waals surface area contributed by atoms with Crippen molar-refractivity contribution < 1.29 is 18.7 Å². The summed E-state index contributed by atoms with van der Waals surface area (Å²) < 4.78 is 20.5. The molecule has 0 spiro atoms. The first-order chi connectivity index (χ1) is 13.3. The number of ether oxygens (including phenoxy) is 1. The average molecular weight is 454 g/mol. The Bertz CT molecular complexity index is 907. The van der Waals surface area contributed by atoms with Gasteiger partial charge in [0.25, 0.3) is 5.56 Å². The van der Waals surface area contributed by atoms with E-state index in [0.717, 1.165) is 12.4 Å². The number of benzene rings is 1. The first kappa shape index (κ1) is 25.1. The molecule has 0 unspecified atom stereocenters. The Morgan fingerprint density at radius 2 is 2.00 bits per heavy atom. The topological polar surface area (TPSA) is 102 Å². The van der Waals surface area contributed by atoms with Gasteiger partial charge >= 0.3 is 0 Å². The second kappa shape index (κ2) is 12.5. The zero-order valence-electron chi connectivity index (χ0n) is 16.0. The molecule has 9 heteroatoms. The van der Waals surface area contributed by atoms with Crippen LogP contribution in [0.5, 0.6) is 5.88 Å². The zero-order chi connectivity index (χ0) is 21.9. The molecule has 150 valence electrons. The van der Waals surface area contributed by atoms with E-state index in [1.165, 1.54) is 19.1 Å². The van der Waals surface area contributed by atoms with Gasteiger partial charge < -0.3 is 14.3 Å². The van der Waals surface area contributed by atoms with Crippen molar-refractivity contribution in [2.75, 3.05) is 0 Å². The maximum atomic E-state index is 13.1. The standard InChI is InChI=1S/C16H15BrFN3O2.C2H4O.CH2O/c1-9(2)21-10(3)20-15(14(17)16(21)22)23-8-11-4-5-13(18)6-12(11)7-19;1-2-3;1-2/h4-6,9H,8H2,1-3H3;2H,1H3;1H2. The summed E-state index contributed by atoms with van der Waals surface area (Å²) in [7, 11) is 0. The summed E-state index contributed by atoms with van der Waals surface area (Å²) in [4.78, 5) is 33.4. The van der Waals surface area contributed by atoms with E-state index in [9.17, 15) is 9.18 Å². The maximum Gasteiger partial charge on any atom is 0.272 e. The Labute approximate surface area is 170 Å². The SMILES string of the molecule is C=O.CC=O.Cc1nc(OCc2ccc(F)cc2C#N)c(Br)c(=O)n1C(C)C. The molecule has 0 saturated carbocycles. The van der Waals surface area contributed by atoms with Crippen molar-refractivity contribution in [1.29, 1.82) is 5.26 Å². The molecule has 0 aliphatic heterocycles. The second-order valence-corrected chi connectivity index (χ2v) is 6.28. The van der Waals surface area contributed by atoms with Crippen LogP contribution >= 0.6 is 15.9 Å². The van der Waals surface area contributed by atoms with Gasteiger partial charge in [-0.2, -0.15) is 10.2 Å². The van der Waals surface area contributed by atoms with Crippen LogP contribution in [-0.2, 0) is 16.2 Å². The van der Waals surface area contributed by atoms with Crippen LogP contribution in [0.25, 0.3) is 0 Å². The van der Waals surface area contributed by atoms with Crippen LogP contribution < -0.4 is 10.3 Å². The number of carbonyl (C=O) groups is 2. The molecule has 0 N–H and O–H groups in total. The number of aryl methyl sites for hydroxylation is 1. The smallest absolute Gasteiger partial charge is 0.272 e. The van der Waals surface area contributed by atoms with Crippen molar-refractivity contribution in [1.82, 2.24) is 9.55 Å². The van der Waals surface area contributed by atoms with Crippen molar-refractivity contribution in [2.24, 2.45) is 0 Å². The fraction of sp³-hybridized carbons (Fsp3) is 0.316. The summed E-state index contributed by atoms with van der Waals surface area (Å²) in [6.45, 7) is 8.96. The number of nitrogens with zero attached hydrogens (tertiary/aromatic N) is 3. The van der Waals surface area contributed by atoms with E-state index in [0.29, 0.717) is 11.4 Å². The van der Waals surface area contributed by atoms with Gasteiger partial charge in [-0.25, -0.2) is 4.39 Å². The molecule has 1 aromatic heterocycles. The Morgan fingerprint density at radius 3 is 2.50 bits per heavy atom. The molecule has 0 amide bonds. The van der Waals surface area contributed by atoms with Crippen molar-refractivity contribution >= 4 is 29.0 Å². The summed E-state index contributed by atoms with van der Waals surface area (Å²) in [5, 5.41) is 9.03. The lowest BCUT2D eigenvalue weighted by atomic mass is 10.1. The van der Waals surface area contributed by atoms with E-state index >= 15 is 0 Å². The quantitative estimate of drug-likeness (QED) is 0.656. The van der Waals surface area contributed by atoms with Gasteiger partial charge in [-0.1, -0.05) is 6.07 Å². The van der Waals surface area contributed by atoms with Crippen LogP contribution in [-0.4, -0.2) is 22.6 Å². The summed E-state index contributed by atoms with van der Waals surface area (Å²) in [6.07, 6.45) is 0.750. The molecule has 0 bridgehead atoms. The largest absolute Gasteiger partial charge is 0.472 e. The summed E-state index contributed by atoms with van der Waals surface area (Å²) in [5.74, 6) is 0.195. The van der Waals surface area contributed by atoms with E-state index < -0.39 is 5.82 Å². The molecular formula is C19H21BrFN3O4. The molecule has 1 aromatic carbocycles. The Kier molecular flexibility index (Phi) is 11.2. The van der Waals surface area contributed by atoms with E-state index in [1.807, 2.05) is 26.7 Å². The van der Waals surface area contributed by atoms with Crippen molar-refractivity contribution in [3.8, 4) is 11.9 Å². The lowest BCUT2D eigenvalue weighted by Crippen LogP contribution is -2.26. The predicted octanol–water partition coefficient (Wildman–Crippen LogP) is 3.51. The summed E-state index contributed by atoms with van der Waals surface area (Å²) >= 11 is 3.21. The van der Waals surface area contributed by atoms with Crippen LogP contribution in [0, 0.1) is 24.1 Å². The van der Waals surface area contributed by atoms with Crippen molar-refractivity contribution in [3.05, 3.63) is 55.8 Å². The fourth-order valence-electron chi connectivity index (χ4n) is 2.22. The van der Waals surface area contributed by atoms with Crippen molar-refractivity contribution in [3.63, 3.8) is 0 Å². The molecule has 2 rings (SSSR count). The number of aldehydes is 1. The molecule has 0 aliphatic carbocycles. The van der Waals surface area contributed by atoms with Crippen LogP contribution in [0.15, 0.2) is 27.5 Å². The van der Waals surface area contributed by atoms with Crippen molar-refractivity contribution in [2.45, 2.75) is 40.3 Å². The summed E-state index contributed by atoms with van der Waals surface area (Å²) in [6, 6.07) is 5.76. The Balaban J connectivity index is 0.00000133. The number of rotatable bonds is 4. The normalized spacial score (nSPS) is 9.36. The van der Waals surface area contributed by atoms with Gasteiger partial charge in [0.1, 0.15) is 35.8 Å². The minimum absolute atomic E-state index is 0.0132. The third-order valence-corrected chi connectivity index (χ3v) is 3.96. The number of carbonyl (C=O) groups excluding carboxylic acids is 2. The Hall–Kier alpha value is -2.86. The van der Waals surface area contributed by atoms with E-state index in [-0.39, 0.29) is 34.1 Å². The third-order valence-electron chi connectivity index (χ3n) is 3.28. The molecule has 1 heterocycles. The molecule has 0 aliphatic rings. The van der Waals surface area contributed by atoms with Crippen LogP contribution in [0.3, 0.4) is 0 Å². The van der Waals surface area contributed by atoms with Gasteiger partial charge in [0.15, 0.2) is 0 Å². The number of hydrogen-bond donors (Lipinski definition) is 0. The second-order valence-electron chi connectivity index (χ2n) is 5.48. The minimum Gasteiger partial charge on any atom is -0.472 e. The lowest BCUT2D eigenvalue weighted by molar-refractivity contribution is -0.106. The zero-order valence-corrected chi connectivity index (χ0v) is 17.6. The third kappa shape index (κ3) is 6.70. The fourth-order valence-corrected chi connectivity index (χ4v) is 2.62. The monoisotopic (exact) mass is 453 g/mol. The molecule has 28 heavy (non-hydrogen) atoms. The van der Waals surface area contributed by atoms with Crippen LogP contribution in [0.2, 0.25) is 0 Å². The Morgan fingerprint density at radius 1 is 1.43 bits per heavy atom. The molecule has 0 radical (unpaired) electrons. The number of hydrogen-bond acceptors (Lipinski definition) is 6. The maximum absolute atomic E-state index is 13.1. The average Bonchev–Trinajstić information content (AvgIpc) is 2.66. The first-order valence-electron chi connectivity index (χ1n) is 8.05. The summed E-state index contributed by atoms with van der Waals surface area (Å²) in [5.41, 5.74) is 0.476. The van der Waals surface area contributed by atoms with Gasteiger partial charge in [-0.3, -0.25) is 9.36 Å². The molecule has 2 aromatic rings. The van der Waals surface area contributed by atoms with Gasteiger partial charge in [-0.15, -0.1) is 0 Å². The lowest BCUT2D eigenvalue weighted by Gasteiger charge is -2.16. The highest BCUT2D eigenvalue weighted by atomic mass is 79.9. The highest BCUT2D eigenvalue weighted by Crippen LogP contribution is 2.22. The van der Waals surface area contributed by atoms with E-state index in [4.69, 9.17) is 19.6 Å². The minimum atomic E-state index is -0.486. The first-order valence-corrected chi connectivity index (χ1v) is 8.84. The van der Waals surface area contributed by atoms with Gasteiger partial charge in [0, 0.05) is 11.6 Å². The van der Waals surface area contributed by atoms with Gasteiger partial charge in [-0.05, 0) is 55.8 Å². The molecule has 0 atom stereocenters. The van der Waals surface area contributed by atoms with Crippen LogP contribution in [0.4, 0.5) is 4.39 Å². The van der Waals surface area contributed by atoms with E-state index in [1.54, 1.807) is 11.5 Å². The van der Waals surface area contributed by atoms with Gasteiger partial charge in [0.05, 0.1) is 11.6 Å². The molecular weight excluding hydrogens is 433 g/mol. The number of aromatic nitrogens is 2. The number of halogens is 2. The molecule has 7 nitrogen and oxygen atoms in total. The highest BCUT2D eigenvalue weighted by Gasteiger charge is 2.16. The highest BCUT2D eigenvalue weighted by molar-refractivity contribution is 9.10. The number of nitriles is 1. The molecule has 0 fully saturated rings. The van der Waals surface area contributed by atoms with Gasteiger partial charge in [0.2, 0.25) is 5.88 Å².